The van der Waals surface area contributed by atoms with Crippen molar-refractivity contribution in [3.05, 3.63) is 59.1 Å². The van der Waals surface area contributed by atoms with Crippen LogP contribution in [0.1, 0.15) is 5.56 Å². The van der Waals surface area contributed by atoms with Crippen molar-refractivity contribution < 1.29 is 8.42 Å². The zero-order valence-electron chi connectivity index (χ0n) is 9.67. The molecular formula is C13H9ClN2O2S. The lowest BCUT2D eigenvalue weighted by atomic mass is 10.2. The van der Waals surface area contributed by atoms with Gasteiger partial charge in [-0.1, -0.05) is 23.7 Å². The molecule has 0 saturated heterocycles. The quantitative estimate of drug-likeness (QED) is 0.945. The van der Waals surface area contributed by atoms with E-state index in [0.717, 1.165) is 0 Å². The zero-order chi connectivity index (χ0) is 13.9. The molecule has 0 aliphatic rings. The molecule has 1 N–H and O–H groups in total. The van der Waals surface area contributed by atoms with Crippen LogP contribution in [0.3, 0.4) is 0 Å². The molecule has 0 aliphatic carbocycles. The number of hydrogen-bond donors (Lipinski definition) is 1. The van der Waals surface area contributed by atoms with Gasteiger partial charge in [0.1, 0.15) is 0 Å². The Morgan fingerprint density at radius 2 is 1.84 bits per heavy atom. The van der Waals surface area contributed by atoms with Crippen LogP contribution in [0, 0.1) is 11.3 Å². The summed E-state index contributed by atoms with van der Waals surface area (Å²) in [4.78, 5) is 0.0716. The molecule has 0 aromatic heterocycles. The van der Waals surface area contributed by atoms with E-state index in [0.29, 0.717) is 16.3 Å². The molecule has 0 aliphatic heterocycles. The fourth-order valence-electron chi connectivity index (χ4n) is 1.50. The van der Waals surface area contributed by atoms with E-state index < -0.39 is 10.0 Å². The average molecular weight is 293 g/mol. The van der Waals surface area contributed by atoms with Crippen LogP contribution in [0.5, 0.6) is 0 Å². The molecule has 96 valence electrons. The van der Waals surface area contributed by atoms with Crippen molar-refractivity contribution in [1.82, 2.24) is 0 Å². The standard InChI is InChI=1S/C13H9ClN2O2S/c14-11-4-2-6-13(8-11)19(17,18)16-12-5-1-3-10(7-12)9-15/h1-8,16H. The smallest absolute Gasteiger partial charge is 0.261 e. The van der Waals surface area contributed by atoms with Gasteiger partial charge in [-0.2, -0.15) is 5.26 Å². The van der Waals surface area contributed by atoms with E-state index in [1.54, 1.807) is 30.3 Å². The molecule has 0 amide bonds. The number of rotatable bonds is 3. The Bertz CT molecular complexity index is 751. The fraction of sp³-hybridized carbons (Fsp3) is 0. The van der Waals surface area contributed by atoms with Crippen LogP contribution in [0.2, 0.25) is 5.02 Å². The molecule has 2 rings (SSSR count). The largest absolute Gasteiger partial charge is 0.280 e. The summed E-state index contributed by atoms with van der Waals surface area (Å²) in [5.74, 6) is 0. The van der Waals surface area contributed by atoms with Crippen LogP contribution in [-0.4, -0.2) is 8.42 Å². The highest BCUT2D eigenvalue weighted by atomic mass is 35.5. The van der Waals surface area contributed by atoms with E-state index in [9.17, 15) is 8.42 Å². The third-order valence-electron chi connectivity index (χ3n) is 2.35. The van der Waals surface area contributed by atoms with Gasteiger partial charge in [-0.15, -0.1) is 0 Å². The van der Waals surface area contributed by atoms with E-state index in [2.05, 4.69) is 4.72 Å². The molecule has 0 atom stereocenters. The van der Waals surface area contributed by atoms with Crippen molar-refractivity contribution in [2.24, 2.45) is 0 Å². The van der Waals surface area contributed by atoms with Crippen molar-refractivity contribution in [2.75, 3.05) is 4.72 Å². The monoisotopic (exact) mass is 292 g/mol. The molecule has 0 radical (unpaired) electrons. The zero-order valence-corrected chi connectivity index (χ0v) is 11.2. The first-order valence-corrected chi connectivity index (χ1v) is 7.16. The number of nitrogens with zero attached hydrogens (tertiary/aromatic N) is 1. The van der Waals surface area contributed by atoms with E-state index in [1.807, 2.05) is 6.07 Å². The number of anilines is 1. The number of sulfonamides is 1. The Morgan fingerprint density at radius 3 is 2.53 bits per heavy atom. The van der Waals surface area contributed by atoms with Crippen molar-refractivity contribution in [1.29, 1.82) is 5.26 Å². The lowest BCUT2D eigenvalue weighted by Gasteiger charge is -2.08. The average Bonchev–Trinajstić information content (AvgIpc) is 2.38. The van der Waals surface area contributed by atoms with Crippen LogP contribution in [0.25, 0.3) is 0 Å². The van der Waals surface area contributed by atoms with Crippen LogP contribution < -0.4 is 4.72 Å². The predicted octanol–water partition coefficient (Wildman–Crippen LogP) is 3.01. The maximum absolute atomic E-state index is 12.1. The summed E-state index contributed by atoms with van der Waals surface area (Å²) >= 11 is 5.77. The second-order valence-corrected chi connectivity index (χ2v) is 5.87. The second-order valence-electron chi connectivity index (χ2n) is 3.76. The normalized spacial score (nSPS) is 10.7. The first kappa shape index (κ1) is 13.4. The lowest BCUT2D eigenvalue weighted by Crippen LogP contribution is -2.12. The van der Waals surface area contributed by atoms with Crippen LogP contribution in [-0.2, 0) is 10.0 Å². The van der Waals surface area contributed by atoms with E-state index in [4.69, 9.17) is 16.9 Å². The van der Waals surface area contributed by atoms with Gasteiger partial charge in [0.2, 0.25) is 0 Å². The number of benzene rings is 2. The van der Waals surface area contributed by atoms with E-state index in [1.165, 1.54) is 18.2 Å². The van der Waals surface area contributed by atoms with Gasteiger partial charge >= 0.3 is 0 Å². The minimum atomic E-state index is -3.70. The Kier molecular flexibility index (Phi) is 3.74. The molecule has 0 spiro atoms. The first-order valence-electron chi connectivity index (χ1n) is 5.30. The number of hydrogen-bond acceptors (Lipinski definition) is 3. The van der Waals surface area contributed by atoms with Gasteiger partial charge in [0.15, 0.2) is 0 Å². The summed E-state index contributed by atoms with van der Waals surface area (Å²) < 4.78 is 26.6. The van der Waals surface area contributed by atoms with Gasteiger partial charge in [0.05, 0.1) is 22.2 Å². The summed E-state index contributed by atoms with van der Waals surface area (Å²) in [6.45, 7) is 0. The molecule has 0 unspecified atom stereocenters. The molecule has 0 saturated carbocycles. The van der Waals surface area contributed by atoms with E-state index >= 15 is 0 Å². The fourth-order valence-corrected chi connectivity index (χ4v) is 2.85. The number of nitriles is 1. The molecule has 0 bridgehead atoms. The molecule has 6 heteroatoms. The van der Waals surface area contributed by atoms with Gasteiger partial charge in [-0.3, -0.25) is 4.72 Å². The first-order chi connectivity index (χ1) is 9.01. The predicted molar refractivity (Wildman–Crippen MR) is 73.4 cm³/mol. The Labute approximate surface area is 116 Å². The minimum absolute atomic E-state index is 0.0716. The topological polar surface area (TPSA) is 70.0 Å². The summed E-state index contributed by atoms with van der Waals surface area (Å²) in [6, 6.07) is 14.1. The summed E-state index contributed by atoms with van der Waals surface area (Å²) in [7, 11) is -3.70. The van der Waals surface area contributed by atoms with Crippen molar-refractivity contribution >= 4 is 27.3 Å². The number of halogens is 1. The second kappa shape index (κ2) is 5.31. The highest BCUT2D eigenvalue weighted by molar-refractivity contribution is 7.92. The highest BCUT2D eigenvalue weighted by Gasteiger charge is 2.14. The molecular weight excluding hydrogens is 284 g/mol. The molecule has 0 fully saturated rings. The minimum Gasteiger partial charge on any atom is -0.280 e. The Hall–Kier alpha value is -2.03. The number of nitrogens with one attached hydrogen (secondary N) is 1. The van der Waals surface area contributed by atoms with Crippen LogP contribution in [0.15, 0.2) is 53.4 Å². The van der Waals surface area contributed by atoms with Crippen molar-refractivity contribution in [2.45, 2.75) is 4.90 Å². The van der Waals surface area contributed by atoms with Crippen molar-refractivity contribution in [3.8, 4) is 6.07 Å². The molecule has 2 aromatic rings. The van der Waals surface area contributed by atoms with Gasteiger partial charge in [-0.25, -0.2) is 8.42 Å². The third kappa shape index (κ3) is 3.25. The van der Waals surface area contributed by atoms with Crippen LogP contribution in [0.4, 0.5) is 5.69 Å². The molecule has 4 nitrogen and oxygen atoms in total. The van der Waals surface area contributed by atoms with Gasteiger partial charge in [0, 0.05) is 5.02 Å². The summed E-state index contributed by atoms with van der Waals surface area (Å²) in [5.41, 5.74) is 0.713. The molecule has 2 aromatic carbocycles. The lowest BCUT2D eigenvalue weighted by molar-refractivity contribution is 0.601. The van der Waals surface area contributed by atoms with Gasteiger partial charge < -0.3 is 0 Å². The Balaban J connectivity index is 2.34. The van der Waals surface area contributed by atoms with Gasteiger partial charge in [-0.05, 0) is 36.4 Å². The summed E-state index contributed by atoms with van der Waals surface area (Å²) in [6.07, 6.45) is 0. The maximum atomic E-state index is 12.1. The third-order valence-corrected chi connectivity index (χ3v) is 3.96. The SMILES string of the molecule is N#Cc1cccc(NS(=O)(=O)c2cccc(Cl)c2)c1. The van der Waals surface area contributed by atoms with Crippen LogP contribution >= 0.6 is 11.6 Å². The highest BCUT2D eigenvalue weighted by Crippen LogP contribution is 2.19. The Morgan fingerprint density at radius 1 is 1.11 bits per heavy atom. The molecule has 0 heterocycles. The molecule has 19 heavy (non-hydrogen) atoms. The maximum Gasteiger partial charge on any atom is 0.261 e. The van der Waals surface area contributed by atoms with Crippen molar-refractivity contribution in [3.63, 3.8) is 0 Å². The van der Waals surface area contributed by atoms with Gasteiger partial charge in [0.25, 0.3) is 10.0 Å². The van der Waals surface area contributed by atoms with E-state index in [-0.39, 0.29) is 4.90 Å². The summed E-state index contributed by atoms with van der Waals surface area (Å²) in [5, 5.41) is 9.11.